The van der Waals surface area contributed by atoms with E-state index in [1.54, 1.807) is 29.9 Å². The summed E-state index contributed by atoms with van der Waals surface area (Å²) in [5.41, 5.74) is 3.61. The predicted octanol–water partition coefficient (Wildman–Crippen LogP) is 3.98. The molecule has 1 aliphatic rings. The van der Waals surface area contributed by atoms with E-state index in [9.17, 15) is 12.8 Å². The molecule has 1 unspecified atom stereocenters. The van der Waals surface area contributed by atoms with Gasteiger partial charge in [-0.2, -0.15) is 9.40 Å². The second kappa shape index (κ2) is 8.39. The Morgan fingerprint density at radius 2 is 2.00 bits per heavy atom. The van der Waals surface area contributed by atoms with Gasteiger partial charge in [-0.15, -0.1) is 0 Å². The van der Waals surface area contributed by atoms with Gasteiger partial charge in [-0.25, -0.2) is 12.8 Å². The van der Waals surface area contributed by atoms with Crippen LogP contribution >= 0.6 is 0 Å². The molecule has 2 aromatic heterocycles. The number of benzene rings is 1. The Bertz CT molecular complexity index is 1210. The Balaban J connectivity index is 1.55. The second-order valence-electron chi connectivity index (χ2n) is 7.84. The van der Waals surface area contributed by atoms with Crippen molar-refractivity contribution in [3.8, 4) is 0 Å². The van der Waals surface area contributed by atoms with Gasteiger partial charge in [0.25, 0.3) is 0 Å². The Kier molecular flexibility index (Phi) is 5.81. The molecule has 1 atom stereocenters. The van der Waals surface area contributed by atoms with Crippen molar-refractivity contribution in [1.82, 2.24) is 19.1 Å². The molecule has 1 fully saturated rings. The van der Waals surface area contributed by atoms with Crippen LogP contribution in [0.1, 0.15) is 36.3 Å². The zero-order valence-corrected chi connectivity index (χ0v) is 18.7. The van der Waals surface area contributed by atoms with Gasteiger partial charge in [0.2, 0.25) is 10.0 Å². The molecular formula is C22H26FN5O2S. The van der Waals surface area contributed by atoms with E-state index in [0.29, 0.717) is 37.4 Å². The van der Waals surface area contributed by atoms with Crippen LogP contribution < -0.4 is 5.32 Å². The third-order valence-electron chi connectivity index (χ3n) is 5.50. The highest BCUT2D eigenvalue weighted by Gasteiger charge is 2.35. The van der Waals surface area contributed by atoms with Crippen LogP contribution in [0.5, 0.6) is 0 Å². The minimum Gasteiger partial charge on any atom is -0.355 e. The van der Waals surface area contributed by atoms with Crippen molar-refractivity contribution < 1.29 is 12.8 Å². The van der Waals surface area contributed by atoms with Crippen molar-refractivity contribution in [2.45, 2.75) is 44.6 Å². The van der Waals surface area contributed by atoms with Crippen LogP contribution in [0.3, 0.4) is 0 Å². The van der Waals surface area contributed by atoms with Crippen molar-refractivity contribution in [2.75, 3.05) is 18.4 Å². The Morgan fingerprint density at radius 1 is 1.19 bits per heavy atom. The number of halogens is 1. The number of sulfonamides is 1. The number of nitrogens with one attached hydrogen (secondary N) is 1. The molecule has 0 spiro atoms. The number of aryl methyl sites for hydroxylation is 3. The van der Waals surface area contributed by atoms with Crippen LogP contribution in [-0.4, -0.2) is 40.6 Å². The van der Waals surface area contributed by atoms with E-state index in [4.69, 9.17) is 0 Å². The van der Waals surface area contributed by atoms with Crippen molar-refractivity contribution in [1.29, 1.82) is 0 Å². The fraction of sp³-hybridized carbons (Fsp3) is 0.364. The second-order valence-corrected chi connectivity index (χ2v) is 9.75. The first kappa shape index (κ1) is 21.5. The summed E-state index contributed by atoms with van der Waals surface area (Å²) in [5.74, 6) is -0.321. The number of aromatic nitrogens is 3. The zero-order chi connectivity index (χ0) is 22.2. The summed E-state index contributed by atoms with van der Waals surface area (Å²) in [6, 6.07) is 10.1. The summed E-state index contributed by atoms with van der Waals surface area (Å²) < 4.78 is 43.0. The Hall–Kier alpha value is -2.78. The summed E-state index contributed by atoms with van der Waals surface area (Å²) >= 11 is 0. The number of nitrogens with zero attached hydrogens (tertiary/aromatic N) is 4. The maximum absolute atomic E-state index is 13.5. The summed E-state index contributed by atoms with van der Waals surface area (Å²) in [7, 11) is -3.61. The van der Waals surface area contributed by atoms with Crippen LogP contribution in [0.15, 0.2) is 47.5 Å². The van der Waals surface area contributed by atoms with E-state index in [0.717, 1.165) is 17.1 Å². The van der Waals surface area contributed by atoms with Gasteiger partial charge in [-0.3, -0.25) is 9.67 Å². The first-order valence-corrected chi connectivity index (χ1v) is 11.8. The van der Waals surface area contributed by atoms with E-state index < -0.39 is 10.0 Å². The van der Waals surface area contributed by atoms with E-state index >= 15 is 0 Å². The average Bonchev–Trinajstić information content (AvgIpc) is 3.35. The van der Waals surface area contributed by atoms with Crippen LogP contribution in [-0.2, 0) is 16.6 Å². The molecule has 31 heavy (non-hydrogen) atoms. The monoisotopic (exact) mass is 443 g/mol. The normalized spacial score (nSPS) is 17.2. The number of hydrogen-bond acceptors (Lipinski definition) is 5. The molecule has 0 bridgehead atoms. The lowest BCUT2D eigenvalue weighted by molar-refractivity contribution is 0.471. The molecule has 3 aromatic rings. The number of pyridine rings is 1. The standard InChI is InChI=1S/C22H26FN5O2S/c1-4-27-14-22(16(3)26-27)31(29,30)28-9-8-17(13-28)21-12-20(10-15(2)24-21)25-19-7-5-6-18(23)11-19/h5-7,10-12,14,17H,4,8-9,13H2,1-3H3,(H,24,25). The molecule has 1 aromatic carbocycles. The highest BCUT2D eigenvalue weighted by atomic mass is 32.2. The lowest BCUT2D eigenvalue weighted by atomic mass is 10.0. The van der Waals surface area contributed by atoms with Gasteiger partial charge in [-0.05, 0) is 57.5 Å². The predicted molar refractivity (Wildman–Crippen MR) is 117 cm³/mol. The average molecular weight is 444 g/mol. The van der Waals surface area contributed by atoms with E-state index in [2.05, 4.69) is 15.4 Å². The lowest BCUT2D eigenvalue weighted by Crippen LogP contribution is -2.29. The van der Waals surface area contributed by atoms with E-state index in [1.165, 1.54) is 16.4 Å². The highest BCUT2D eigenvalue weighted by molar-refractivity contribution is 7.89. The Labute approximate surface area is 182 Å². The van der Waals surface area contributed by atoms with Crippen LogP contribution in [0.4, 0.5) is 15.8 Å². The van der Waals surface area contributed by atoms with E-state index in [-0.39, 0.29) is 16.6 Å². The van der Waals surface area contributed by atoms with Crippen molar-refractivity contribution in [3.63, 3.8) is 0 Å². The molecular weight excluding hydrogens is 417 g/mol. The van der Waals surface area contributed by atoms with Gasteiger partial charge in [0.05, 0.1) is 5.69 Å². The molecule has 0 saturated carbocycles. The third-order valence-corrected chi connectivity index (χ3v) is 7.47. The summed E-state index contributed by atoms with van der Waals surface area (Å²) in [5, 5.41) is 7.49. The SMILES string of the molecule is CCn1cc(S(=O)(=O)N2CCC(c3cc(Nc4cccc(F)c4)cc(C)n3)C2)c(C)n1. The lowest BCUT2D eigenvalue weighted by Gasteiger charge is -2.17. The maximum Gasteiger partial charge on any atom is 0.246 e. The first-order valence-electron chi connectivity index (χ1n) is 10.3. The van der Waals surface area contributed by atoms with Gasteiger partial charge in [0.15, 0.2) is 0 Å². The van der Waals surface area contributed by atoms with Crippen LogP contribution in [0.25, 0.3) is 0 Å². The van der Waals surface area contributed by atoms with Crippen molar-refractivity contribution in [3.05, 3.63) is 65.5 Å². The number of hydrogen-bond donors (Lipinski definition) is 1. The fourth-order valence-corrected chi connectivity index (χ4v) is 5.62. The van der Waals surface area contributed by atoms with E-state index in [1.807, 2.05) is 26.0 Å². The van der Waals surface area contributed by atoms with Gasteiger partial charge in [-0.1, -0.05) is 6.07 Å². The molecule has 7 nitrogen and oxygen atoms in total. The van der Waals surface area contributed by atoms with Crippen molar-refractivity contribution >= 4 is 21.4 Å². The molecule has 164 valence electrons. The smallest absolute Gasteiger partial charge is 0.246 e. The molecule has 1 aliphatic heterocycles. The molecule has 1 saturated heterocycles. The van der Waals surface area contributed by atoms with Crippen LogP contribution in [0.2, 0.25) is 0 Å². The molecule has 0 aliphatic carbocycles. The largest absolute Gasteiger partial charge is 0.355 e. The maximum atomic E-state index is 13.5. The minimum absolute atomic E-state index is 0.00994. The number of rotatable bonds is 6. The highest BCUT2D eigenvalue weighted by Crippen LogP contribution is 2.32. The molecule has 3 heterocycles. The molecule has 0 amide bonds. The summed E-state index contributed by atoms with van der Waals surface area (Å²) in [4.78, 5) is 4.91. The van der Waals surface area contributed by atoms with Crippen LogP contribution in [0, 0.1) is 19.7 Å². The number of anilines is 2. The summed E-state index contributed by atoms with van der Waals surface area (Å²) in [6.45, 7) is 6.97. The Morgan fingerprint density at radius 3 is 2.71 bits per heavy atom. The minimum atomic E-state index is -3.61. The van der Waals surface area contributed by atoms with Crippen molar-refractivity contribution in [2.24, 2.45) is 0 Å². The van der Waals surface area contributed by atoms with Gasteiger partial charge in [0, 0.05) is 54.5 Å². The van der Waals surface area contributed by atoms with Gasteiger partial charge < -0.3 is 5.32 Å². The fourth-order valence-electron chi connectivity index (χ4n) is 3.95. The third kappa shape index (κ3) is 4.47. The topological polar surface area (TPSA) is 80.1 Å². The zero-order valence-electron chi connectivity index (χ0n) is 17.8. The molecule has 4 rings (SSSR count). The quantitative estimate of drug-likeness (QED) is 0.623. The van der Waals surface area contributed by atoms with Gasteiger partial charge >= 0.3 is 0 Å². The molecule has 0 radical (unpaired) electrons. The summed E-state index contributed by atoms with van der Waals surface area (Å²) in [6.07, 6.45) is 2.29. The first-order chi connectivity index (χ1) is 14.8. The molecule has 1 N–H and O–H groups in total. The van der Waals surface area contributed by atoms with Gasteiger partial charge in [0.1, 0.15) is 10.7 Å². The molecule has 9 heteroatoms.